The van der Waals surface area contributed by atoms with Crippen molar-refractivity contribution in [1.82, 2.24) is 10.6 Å². The van der Waals surface area contributed by atoms with Crippen molar-refractivity contribution in [3.8, 4) is 0 Å². The topological polar surface area (TPSA) is 78.4 Å². The Morgan fingerprint density at radius 2 is 2.38 bits per heavy atom. The Hall–Kier alpha value is -1.36. The molecule has 0 aromatic heterocycles. The zero-order chi connectivity index (χ0) is 9.84. The van der Waals surface area contributed by atoms with Gasteiger partial charge in [-0.1, -0.05) is 6.08 Å². The van der Waals surface area contributed by atoms with Gasteiger partial charge in [-0.05, 0) is 6.42 Å². The highest BCUT2D eigenvalue weighted by atomic mass is 16.4. The second kappa shape index (κ2) is 4.04. The fourth-order valence-corrected chi connectivity index (χ4v) is 1.17. The van der Waals surface area contributed by atoms with Gasteiger partial charge in [0, 0.05) is 19.0 Å². The van der Waals surface area contributed by atoms with Crippen LogP contribution in [0.4, 0.5) is 0 Å². The summed E-state index contributed by atoms with van der Waals surface area (Å²) in [4.78, 5) is 21.1. The summed E-state index contributed by atoms with van der Waals surface area (Å²) in [6.45, 7) is 1.72. The van der Waals surface area contributed by atoms with Crippen LogP contribution in [0.1, 0.15) is 13.3 Å². The number of amides is 1. The van der Waals surface area contributed by atoms with Crippen LogP contribution in [0.3, 0.4) is 0 Å². The molecule has 0 spiro atoms. The van der Waals surface area contributed by atoms with Crippen LogP contribution in [-0.2, 0) is 9.59 Å². The Morgan fingerprint density at radius 3 is 2.77 bits per heavy atom. The second-order valence-electron chi connectivity index (χ2n) is 2.90. The van der Waals surface area contributed by atoms with E-state index in [0.29, 0.717) is 18.5 Å². The van der Waals surface area contributed by atoms with Gasteiger partial charge in [0.15, 0.2) is 0 Å². The number of nitrogens with one attached hydrogen (secondary N) is 2. The van der Waals surface area contributed by atoms with Crippen molar-refractivity contribution in [2.45, 2.75) is 19.5 Å². The van der Waals surface area contributed by atoms with Crippen molar-refractivity contribution in [2.75, 3.05) is 6.54 Å². The molecule has 1 aliphatic rings. The van der Waals surface area contributed by atoms with Crippen LogP contribution in [0.2, 0.25) is 0 Å². The number of carbonyl (C=O) groups excluding carboxylic acids is 1. The first-order valence-electron chi connectivity index (χ1n) is 4.02. The molecule has 0 radical (unpaired) electrons. The van der Waals surface area contributed by atoms with Crippen molar-refractivity contribution >= 4 is 11.9 Å². The Bertz CT molecular complexity index is 260. The maximum absolute atomic E-state index is 10.6. The quantitative estimate of drug-likeness (QED) is 0.538. The average Bonchev–Trinajstić information content (AvgIpc) is 2.04. The second-order valence-corrected chi connectivity index (χ2v) is 2.90. The van der Waals surface area contributed by atoms with E-state index in [9.17, 15) is 9.59 Å². The van der Waals surface area contributed by atoms with E-state index in [1.807, 2.05) is 0 Å². The summed E-state index contributed by atoms with van der Waals surface area (Å²) in [6, 6.07) is 0. The highest BCUT2D eigenvalue weighted by Crippen LogP contribution is 2.04. The van der Waals surface area contributed by atoms with Crippen LogP contribution in [-0.4, -0.2) is 29.7 Å². The first kappa shape index (κ1) is 9.73. The molecular formula is C8H12N2O3. The van der Waals surface area contributed by atoms with E-state index >= 15 is 0 Å². The van der Waals surface area contributed by atoms with E-state index in [-0.39, 0.29) is 12.1 Å². The maximum atomic E-state index is 10.6. The lowest BCUT2D eigenvalue weighted by Crippen LogP contribution is -2.47. The number of rotatable bonds is 2. The molecule has 0 fully saturated rings. The van der Waals surface area contributed by atoms with Crippen molar-refractivity contribution in [3.05, 3.63) is 11.6 Å². The van der Waals surface area contributed by atoms with Crippen LogP contribution >= 0.6 is 0 Å². The minimum Gasteiger partial charge on any atom is -0.478 e. The van der Waals surface area contributed by atoms with Gasteiger partial charge in [0.05, 0.1) is 6.17 Å². The minimum atomic E-state index is -0.909. The summed E-state index contributed by atoms with van der Waals surface area (Å²) in [5.41, 5.74) is 0.349. The van der Waals surface area contributed by atoms with E-state index in [1.165, 1.54) is 6.92 Å². The van der Waals surface area contributed by atoms with E-state index in [1.54, 1.807) is 6.08 Å². The monoisotopic (exact) mass is 184 g/mol. The number of aliphatic carboxylic acids is 1. The molecular weight excluding hydrogens is 172 g/mol. The first-order valence-corrected chi connectivity index (χ1v) is 4.02. The summed E-state index contributed by atoms with van der Waals surface area (Å²) in [5.74, 6) is -1.03. The molecule has 0 saturated carbocycles. The van der Waals surface area contributed by atoms with E-state index in [0.717, 1.165) is 0 Å². The van der Waals surface area contributed by atoms with Gasteiger partial charge in [0.25, 0.3) is 0 Å². The summed E-state index contributed by atoms with van der Waals surface area (Å²) in [6.07, 6.45) is 2.00. The third-order valence-electron chi connectivity index (χ3n) is 1.79. The zero-order valence-electron chi connectivity index (χ0n) is 7.33. The van der Waals surface area contributed by atoms with Crippen molar-refractivity contribution in [3.63, 3.8) is 0 Å². The number of hydrogen-bond donors (Lipinski definition) is 3. The zero-order valence-corrected chi connectivity index (χ0v) is 7.33. The normalized spacial score (nSPS) is 21.9. The van der Waals surface area contributed by atoms with Crippen LogP contribution in [0.15, 0.2) is 11.6 Å². The molecule has 5 heteroatoms. The Morgan fingerprint density at radius 1 is 1.69 bits per heavy atom. The fraction of sp³-hybridized carbons (Fsp3) is 0.500. The molecule has 1 aliphatic heterocycles. The number of carboxylic acids is 1. The highest BCUT2D eigenvalue weighted by Gasteiger charge is 2.17. The molecule has 0 saturated heterocycles. The molecule has 3 N–H and O–H groups in total. The molecule has 72 valence electrons. The van der Waals surface area contributed by atoms with Crippen molar-refractivity contribution < 1.29 is 14.7 Å². The predicted octanol–water partition coefficient (Wildman–Crippen LogP) is -0.547. The van der Waals surface area contributed by atoms with E-state index < -0.39 is 5.97 Å². The average molecular weight is 184 g/mol. The Kier molecular flexibility index (Phi) is 3.02. The number of carboxylic acid groups (broad SMARTS) is 1. The van der Waals surface area contributed by atoms with Crippen molar-refractivity contribution in [1.29, 1.82) is 0 Å². The standard InChI is InChI=1S/C8H12N2O3/c1-5(11)10-7-3-2-6(4-9-7)8(12)13/h2,7,9H,3-4H2,1H3,(H,10,11)(H,12,13). The lowest BCUT2D eigenvalue weighted by molar-refractivity contribution is -0.132. The Balaban J connectivity index is 2.46. The smallest absolute Gasteiger partial charge is 0.332 e. The summed E-state index contributed by atoms with van der Waals surface area (Å²) in [5, 5.41) is 14.2. The van der Waals surface area contributed by atoms with Gasteiger partial charge in [0.1, 0.15) is 0 Å². The fourth-order valence-electron chi connectivity index (χ4n) is 1.17. The molecule has 0 aromatic rings. The first-order chi connectivity index (χ1) is 6.09. The molecule has 1 rings (SSSR count). The number of carbonyl (C=O) groups is 2. The molecule has 1 unspecified atom stereocenters. The van der Waals surface area contributed by atoms with Gasteiger partial charge in [-0.2, -0.15) is 0 Å². The molecule has 0 bridgehead atoms. The Labute approximate surface area is 75.8 Å². The summed E-state index contributed by atoms with van der Waals surface area (Å²) >= 11 is 0. The molecule has 13 heavy (non-hydrogen) atoms. The molecule has 1 atom stereocenters. The molecule has 5 nitrogen and oxygen atoms in total. The third kappa shape index (κ3) is 2.87. The van der Waals surface area contributed by atoms with Crippen LogP contribution in [0.25, 0.3) is 0 Å². The summed E-state index contributed by atoms with van der Waals surface area (Å²) in [7, 11) is 0. The molecule has 0 aliphatic carbocycles. The summed E-state index contributed by atoms with van der Waals surface area (Å²) < 4.78 is 0. The minimum absolute atomic E-state index is 0.121. The van der Waals surface area contributed by atoms with Gasteiger partial charge in [-0.15, -0.1) is 0 Å². The number of hydrogen-bond acceptors (Lipinski definition) is 3. The van der Waals surface area contributed by atoms with Crippen molar-refractivity contribution in [2.24, 2.45) is 0 Å². The highest BCUT2D eigenvalue weighted by molar-refractivity contribution is 5.87. The van der Waals surface area contributed by atoms with E-state index in [4.69, 9.17) is 5.11 Å². The molecule has 0 aromatic carbocycles. The van der Waals surface area contributed by atoms with Gasteiger partial charge in [-0.3, -0.25) is 10.1 Å². The lowest BCUT2D eigenvalue weighted by atomic mass is 10.1. The van der Waals surface area contributed by atoms with Crippen LogP contribution in [0.5, 0.6) is 0 Å². The largest absolute Gasteiger partial charge is 0.478 e. The lowest BCUT2D eigenvalue weighted by Gasteiger charge is -2.22. The SMILES string of the molecule is CC(=O)NC1CC=C(C(=O)O)CN1. The van der Waals surface area contributed by atoms with Gasteiger partial charge < -0.3 is 10.4 Å². The molecule has 1 heterocycles. The van der Waals surface area contributed by atoms with Gasteiger partial charge in [-0.25, -0.2) is 4.79 Å². The van der Waals surface area contributed by atoms with Gasteiger partial charge >= 0.3 is 5.97 Å². The molecule has 1 amide bonds. The van der Waals surface area contributed by atoms with Gasteiger partial charge in [0.2, 0.25) is 5.91 Å². The van der Waals surface area contributed by atoms with Crippen LogP contribution < -0.4 is 10.6 Å². The third-order valence-corrected chi connectivity index (χ3v) is 1.79. The maximum Gasteiger partial charge on any atom is 0.332 e. The predicted molar refractivity (Wildman–Crippen MR) is 45.9 cm³/mol. The van der Waals surface area contributed by atoms with E-state index in [2.05, 4.69) is 10.6 Å². The van der Waals surface area contributed by atoms with Crippen LogP contribution in [0, 0.1) is 0 Å².